The van der Waals surface area contributed by atoms with Gasteiger partial charge in [-0.1, -0.05) is 12.1 Å². The molecule has 0 spiro atoms. The van der Waals surface area contributed by atoms with Gasteiger partial charge >= 0.3 is 0 Å². The first-order valence-corrected chi connectivity index (χ1v) is 6.85. The molecule has 0 aliphatic carbocycles. The number of halogens is 1. The molecule has 2 N–H and O–H groups in total. The molecule has 106 valence electrons. The van der Waals surface area contributed by atoms with Crippen molar-refractivity contribution >= 4 is 0 Å². The third-order valence-corrected chi connectivity index (χ3v) is 3.45. The third-order valence-electron chi connectivity index (χ3n) is 3.45. The summed E-state index contributed by atoms with van der Waals surface area (Å²) < 4.78 is 25.0. The van der Waals surface area contributed by atoms with Crippen molar-refractivity contribution in [3.05, 3.63) is 35.6 Å². The Balaban J connectivity index is 2.02. The van der Waals surface area contributed by atoms with Crippen LogP contribution >= 0.6 is 0 Å². The van der Waals surface area contributed by atoms with E-state index >= 15 is 0 Å². The van der Waals surface area contributed by atoms with E-state index in [4.69, 9.17) is 15.2 Å². The summed E-state index contributed by atoms with van der Waals surface area (Å²) in [6.07, 6.45) is 1.97. The summed E-state index contributed by atoms with van der Waals surface area (Å²) >= 11 is 0. The van der Waals surface area contributed by atoms with Gasteiger partial charge in [0.1, 0.15) is 5.82 Å². The maximum absolute atomic E-state index is 13.3. The van der Waals surface area contributed by atoms with Crippen molar-refractivity contribution in [3.63, 3.8) is 0 Å². The van der Waals surface area contributed by atoms with Gasteiger partial charge in [-0.15, -0.1) is 0 Å². The summed E-state index contributed by atoms with van der Waals surface area (Å²) in [5.41, 5.74) is 6.56. The van der Waals surface area contributed by atoms with Gasteiger partial charge in [-0.3, -0.25) is 0 Å². The molecular formula is C15H22FNO2. The molecule has 3 atom stereocenters. The maximum atomic E-state index is 13.3. The van der Waals surface area contributed by atoms with Gasteiger partial charge in [0, 0.05) is 6.54 Å². The Morgan fingerprint density at radius 2 is 2.05 bits per heavy atom. The predicted molar refractivity (Wildman–Crippen MR) is 72.3 cm³/mol. The Hall–Kier alpha value is -0.970. The topological polar surface area (TPSA) is 44.5 Å². The van der Waals surface area contributed by atoms with Crippen LogP contribution in [0.1, 0.15) is 38.4 Å². The quantitative estimate of drug-likeness (QED) is 0.912. The normalized spacial score (nSPS) is 29.2. The Morgan fingerprint density at radius 1 is 1.37 bits per heavy atom. The molecule has 19 heavy (non-hydrogen) atoms. The SMILES string of the molecule is CC1CC(OC(CN)c2cccc(F)c2)CC(C)O1. The molecule has 3 unspecified atom stereocenters. The number of rotatable bonds is 4. The second-order valence-electron chi connectivity index (χ2n) is 5.27. The number of ether oxygens (including phenoxy) is 2. The summed E-state index contributed by atoms with van der Waals surface area (Å²) in [5.74, 6) is -0.256. The summed E-state index contributed by atoms with van der Waals surface area (Å²) in [6, 6.07) is 6.46. The van der Waals surface area contributed by atoms with E-state index in [-0.39, 0.29) is 30.2 Å². The van der Waals surface area contributed by atoms with Crippen LogP contribution in [0.5, 0.6) is 0 Å². The van der Waals surface area contributed by atoms with Crippen LogP contribution in [0.25, 0.3) is 0 Å². The first-order chi connectivity index (χ1) is 9.08. The highest BCUT2D eigenvalue weighted by molar-refractivity contribution is 5.19. The lowest BCUT2D eigenvalue weighted by Gasteiger charge is -2.34. The van der Waals surface area contributed by atoms with Crippen LogP contribution in [-0.2, 0) is 9.47 Å². The van der Waals surface area contributed by atoms with Gasteiger partial charge in [0.2, 0.25) is 0 Å². The number of hydrogen-bond donors (Lipinski definition) is 1. The van der Waals surface area contributed by atoms with Crippen molar-refractivity contribution in [1.29, 1.82) is 0 Å². The first-order valence-electron chi connectivity index (χ1n) is 6.85. The van der Waals surface area contributed by atoms with E-state index in [1.165, 1.54) is 12.1 Å². The maximum Gasteiger partial charge on any atom is 0.123 e. The summed E-state index contributed by atoms with van der Waals surface area (Å²) in [7, 11) is 0. The van der Waals surface area contributed by atoms with Crippen LogP contribution in [-0.4, -0.2) is 24.9 Å². The molecule has 0 radical (unpaired) electrons. The van der Waals surface area contributed by atoms with Crippen LogP contribution < -0.4 is 5.73 Å². The molecule has 4 heteroatoms. The molecular weight excluding hydrogens is 245 g/mol. The van der Waals surface area contributed by atoms with Crippen molar-refractivity contribution in [1.82, 2.24) is 0 Å². The van der Waals surface area contributed by atoms with Crippen LogP contribution in [0.3, 0.4) is 0 Å². The van der Waals surface area contributed by atoms with E-state index in [0.717, 1.165) is 18.4 Å². The fourth-order valence-electron chi connectivity index (χ4n) is 2.66. The monoisotopic (exact) mass is 267 g/mol. The van der Waals surface area contributed by atoms with Crippen LogP contribution in [0, 0.1) is 5.82 Å². The molecule has 0 amide bonds. The smallest absolute Gasteiger partial charge is 0.123 e. The number of hydrogen-bond acceptors (Lipinski definition) is 3. The van der Waals surface area contributed by atoms with E-state index < -0.39 is 0 Å². The zero-order chi connectivity index (χ0) is 13.8. The second kappa shape index (κ2) is 6.46. The van der Waals surface area contributed by atoms with E-state index in [1.807, 2.05) is 19.9 Å². The Morgan fingerprint density at radius 3 is 2.63 bits per heavy atom. The number of nitrogens with two attached hydrogens (primary N) is 1. The zero-order valence-electron chi connectivity index (χ0n) is 11.5. The molecule has 1 aromatic carbocycles. The van der Waals surface area contributed by atoms with Crippen molar-refractivity contribution in [2.45, 2.75) is 51.1 Å². The van der Waals surface area contributed by atoms with E-state index in [9.17, 15) is 4.39 Å². The van der Waals surface area contributed by atoms with Crippen molar-refractivity contribution in [2.75, 3.05) is 6.54 Å². The molecule has 1 aromatic rings. The van der Waals surface area contributed by atoms with Gasteiger partial charge < -0.3 is 15.2 Å². The Kier molecular flexibility index (Phi) is 4.91. The summed E-state index contributed by atoms with van der Waals surface area (Å²) in [4.78, 5) is 0. The van der Waals surface area contributed by atoms with E-state index in [1.54, 1.807) is 6.07 Å². The summed E-state index contributed by atoms with van der Waals surface area (Å²) in [6.45, 7) is 4.45. The first kappa shape index (κ1) is 14.4. The zero-order valence-corrected chi connectivity index (χ0v) is 11.5. The minimum absolute atomic E-state index is 0.121. The third kappa shape index (κ3) is 4.00. The lowest BCUT2D eigenvalue weighted by molar-refractivity contribution is -0.121. The molecule has 0 saturated carbocycles. The van der Waals surface area contributed by atoms with Gasteiger partial charge in [0.05, 0.1) is 24.4 Å². The minimum Gasteiger partial charge on any atom is -0.375 e. The minimum atomic E-state index is -0.256. The molecule has 2 rings (SSSR count). The average molecular weight is 267 g/mol. The molecule has 1 aliphatic rings. The molecule has 1 fully saturated rings. The fourth-order valence-corrected chi connectivity index (χ4v) is 2.66. The van der Waals surface area contributed by atoms with Crippen molar-refractivity contribution in [2.24, 2.45) is 5.73 Å². The fraction of sp³-hybridized carbons (Fsp3) is 0.600. The van der Waals surface area contributed by atoms with Crippen LogP contribution in [0.15, 0.2) is 24.3 Å². The lowest BCUT2D eigenvalue weighted by Crippen LogP contribution is -2.35. The highest BCUT2D eigenvalue weighted by Crippen LogP contribution is 2.27. The van der Waals surface area contributed by atoms with E-state index in [2.05, 4.69) is 0 Å². The largest absolute Gasteiger partial charge is 0.375 e. The lowest BCUT2D eigenvalue weighted by atomic mass is 10.0. The molecule has 1 aliphatic heterocycles. The average Bonchev–Trinajstić information content (AvgIpc) is 2.34. The van der Waals surface area contributed by atoms with Gasteiger partial charge in [-0.25, -0.2) is 4.39 Å². The van der Waals surface area contributed by atoms with Gasteiger partial charge in [0.15, 0.2) is 0 Å². The van der Waals surface area contributed by atoms with Crippen molar-refractivity contribution < 1.29 is 13.9 Å². The highest BCUT2D eigenvalue weighted by atomic mass is 19.1. The molecule has 3 nitrogen and oxygen atoms in total. The molecule has 0 bridgehead atoms. The van der Waals surface area contributed by atoms with Gasteiger partial charge in [-0.05, 0) is 44.4 Å². The van der Waals surface area contributed by atoms with Crippen LogP contribution in [0.2, 0.25) is 0 Å². The van der Waals surface area contributed by atoms with Gasteiger partial charge in [0.25, 0.3) is 0 Å². The Bertz CT molecular complexity index is 403. The summed E-state index contributed by atoms with van der Waals surface area (Å²) in [5, 5.41) is 0. The van der Waals surface area contributed by atoms with E-state index in [0.29, 0.717) is 6.54 Å². The molecule has 1 saturated heterocycles. The highest BCUT2D eigenvalue weighted by Gasteiger charge is 2.27. The standard InChI is InChI=1S/C15H22FNO2/c1-10-6-14(7-11(2)18-10)19-15(9-17)12-4-3-5-13(16)8-12/h3-5,8,10-11,14-15H,6-7,9,17H2,1-2H3. The second-order valence-corrected chi connectivity index (χ2v) is 5.27. The van der Waals surface area contributed by atoms with Gasteiger partial charge in [-0.2, -0.15) is 0 Å². The number of benzene rings is 1. The Labute approximate surface area is 113 Å². The molecule has 0 aromatic heterocycles. The molecule has 1 heterocycles. The predicted octanol–water partition coefficient (Wildman–Crippen LogP) is 2.80. The van der Waals surface area contributed by atoms with Crippen LogP contribution in [0.4, 0.5) is 4.39 Å². The van der Waals surface area contributed by atoms with Crippen molar-refractivity contribution in [3.8, 4) is 0 Å².